The topological polar surface area (TPSA) is 60.2 Å². The molecule has 0 saturated heterocycles. The van der Waals surface area contributed by atoms with Gasteiger partial charge in [0.1, 0.15) is 10.8 Å². The van der Waals surface area contributed by atoms with Crippen LogP contribution in [0.1, 0.15) is 16.7 Å². The molecule has 0 atom stereocenters. The van der Waals surface area contributed by atoms with Crippen molar-refractivity contribution in [3.8, 4) is 16.3 Å². The molecule has 4 nitrogen and oxygen atoms in total. The fourth-order valence-electron chi connectivity index (χ4n) is 2.04. The van der Waals surface area contributed by atoms with Gasteiger partial charge < -0.3 is 10.2 Å². The molecule has 1 heterocycles. The Bertz CT molecular complexity index is 578. The number of anilines is 1. The number of methoxy groups -OCH3 is 1. The lowest BCUT2D eigenvalue weighted by molar-refractivity contribution is 0.411. The van der Waals surface area contributed by atoms with Crippen molar-refractivity contribution in [3.05, 3.63) is 28.1 Å². The van der Waals surface area contributed by atoms with E-state index >= 15 is 0 Å². The summed E-state index contributed by atoms with van der Waals surface area (Å²) < 4.78 is 5.37. The van der Waals surface area contributed by atoms with Crippen molar-refractivity contribution >= 4 is 17.2 Å². The summed E-state index contributed by atoms with van der Waals surface area (Å²) in [7, 11) is 1.70. The van der Waals surface area contributed by atoms with Gasteiger partial charge in [0.15, 0.2) is 5.82 Å². The number of hydrazine groups is 1. The first-order chi connectivity index (χ1) is 8.58. The van der Waals surface area contributed by atoms with Crippen LogP contribution < -0.4 is 16.0 Å². The summed E-state index contributed by atoms with van der Waals surface area (Å²) in [5, 5.41) is 2.89. The lowest BCUT2D eigenvalue weighted by Gasteiger charge is -2.14. The largest absolute Gasteiger partial charge is 0.496 e. The number of hydrogen-bond acceptors (Lipinski definition) is 5. The molecule has 0 unspecified atom stereocenters. The van der Waals surface area contributed by atoms with Crippen molar-refractivity contribution < 1.29 is 4.74 Å². The van der Waals surface area contributed by atoms with Gasteiger partial charge in [-0.15, -0.1) is 11.3 Å². The van der Waals surface area contributed by atoms with Gasteiger partial charge >= 0.3 is 0 Å². The summed E-state index contributed by atoms with van der Waals surface area (Å²) in [6.45, 7) is 6.23. The first kappa shape index (κ1) is 12.9. The van der Waals surface area contributed by atoms with Gasteiger partial charge in [0.25, 0.3) is 0 Å². The first-order valence-corrected chi connectivity index (χ1v) is 6.53. The van der Waals surface area contributed by atoms with Crippen LogP contribution in [0.25, 0.3) is 10.6 Å². The zero-order chi connectivity index (χ0) is 13.3. The molecular formula is C13H17N3OS. The van der Waals surface area contributed by atoms with Crippen LogP contribution in [0, 0.1) is 20.8 Å². The second kappa shape index (κ2) is 4.96. The van der Waals surface area contributed by atoms with E-state index in [1.165, 1.54) is 11.1 Å². The molecule has 2 rings (SSSR count). The molecule has 2 aromatic rings. The van der Waals surface area contributed by atoms with Crippen molar-refractivity contribution in [3.63, 3.8) is 0 Å². The number of aryl methyl sites for hydroxylation is 1. The highest BCUT2D eigenvalue weighted by Crippen LogP contribution is 2.36. The maximum atomic E-state index is 5.37. The predicted octanol–water partition coefficient (Wildman–Crippen LogP) is 3.03. The fraction of sp³-hybridized carbons (Fsp3) is 0.308. The average Bonchev–Trinajstić information content (AvgIpc) is 2.82. The Morgan fingerprint density at radius 2 is 2.00 bits per heavy atom. The average molecular weight is 263 g/mol. The number of aromatic nitrogens is 1. The summed E-state index contributed by atoms with van der Waals surface area (Å²) >= 11 is 1.58. The van der Waals surface area contributed by atoms with Gasteiger partial charge in [0.2, 0.25) is 0 Å². The van der Waals surface area contributed by atoms with Crippen molar-refractivity contribution in [2.24, 2.45) is 5.84 Å². The summed E-state index contributed by atoms with van der Waals surface area (Å²) in [4.78, 5) is 4.46. The van der Waals surface area contributed by atoms with E-state index in [-0.39, 0.29) is 0 Å². The normalized spacial score (nSPS) is 10.5. The van der Waals surface area contributed by atoms with Crippen molar-refractivity contribution in [2.45, 2.75) is 20.8 Å². The molecule has 3 N–H and O–H groups in total. The lowest BCUT2D eigenvalue weighted by atomic mass is 9.98. The third-order valence-corrected chi connectivity index (χ3v) is 3.99. The quantitative estimate of drug-likeness (QED) is 0.660. The molecule has 0 saturated carbocycles. The number of nitrogens with one attached hydrogen (secondary N) is 1. The summed E-state index contributed by atoms with van der Waals surface area (Å²) in [5.74, 6) is 6.98. The minimum absolute atomic E-state index is 0.697. The standard InChI is InChI=1S/C13H17N3OS/c1-7-5-10(17-4)8(2)9(3)12(7)13-15-11(16-14)6-18-13/h5-6,16H,14H2,1-4H3. The number of rotatable bonds is 3. The van der Waals surface area contributed by atoms with Crippen molar-refractivity contribution in [1.29, 1.82) is 0 Å². The molecule has 0 aliphatic rings. The molecule has 0 radical (unpaired) electrons. The molecule has 5 heteroatoms. The highest BCUT2D eigenvalue weighted by molar-refractivity contribution is 7.13. The van der Waals surface area contributed by atoms with E-state index in [1.54, 1.807) is 18.4 Å². The van der Waals surface area contributed by atoms with Gasteiger partial charge in [-0.1, -0.05) is 0 Å². The molecule has 96 valence electrons. The molecule has 0 amide bonds. The molecule has 0 spiro atoms. The Kier molecular flexibility index (Phi) is 3.54. The summed E-state index contributed by atoms with van der Waals surface area (Å²) in [6, 6.07) is 2.05. The van der Waals surface area contributed by atoms with Crippen LogP contribution in [0.4, 0.5) is 5.82 Å². The van der Waals surface area contributed by atoms with Gasteiger partial charge in [0, 0.05) is 10.9 Å². The molecule has 1 aromatic heterocycles. The number of benzene rings is 1. The Morgan fingerprint density at radius 3 is 2.56 bits per heavy atom. The molecule has 0 aliphatic heterocycles. The van der Waals surface area contributed by atoms with Crippen LogP contribution in [0.15, 0.2) is 11.4 Å². The highest BCUT2D eigenvalue weighted by atomic mass is 32.1. The van der Waals surface area contributed by atoms with Crippen LogP contribution in [0.3, 0.4) is 0 Å². The van der Waals surface area contributed by atoms with Gasteiger partial charge in [-0.2, -0.15) is 0 Å². The van der Waals surface area contributed by atoms with Gasteiger partial charge in [-0.25, -0.2) is 10.8 Å². The number of thiazole rings is 1. The molecule has 0 bridgehead atoms. The minimum atomic E-state index is 0.697. The monoisotopic (exact) mass is 263 g/mol. The first-order valence-electron chi connectivity index (χ1n) is 5.65. The smallest absolute Gasteiger partial charge is 0.151 e. The molecule has 1 aromatic carbocycles. The van der Waals surface area contributed by atoms with E-state index in [0.29, 0.717) is 5.82 Å². The zero-order valence-electron chi connectivity index (χ0n) is 11.0. The zero-order valence-corrected chi connectivity index (χ0v) is 11.8. The van der Waals surface area contributed by atoms with E-state index < -0.39 is 0 Å². The van der Waals surface area contributed by atoms with Crippen LogP contribution in [0.5, 0.6) is 5.75 Å². The molecule has 0 aliphatic carbocycles. The second-order valence-electron chi connectivity index (χ2n) is 4.20. The summed E-state index contributed by atoms with van der Waals surface area (Å²) in [5.41, 5.74) is 7.24. The Balaban J connectivity index is 2.60. The van der Waals surface area contributed by atoms with Gasteiger partial charge in [0.05, 0.1) is 7.11 Å². The fourth-order valence-corrected chi connectivity index (χ4v) is 2.97. The lowest BCUT2D eigenvalue weighted by Crippen LogP contribution is -2.06. The van der Waals surface area contributed by atoms with E-state index in [0.717, 1.165) is 21.9 Å². The van der Waals surface area contributed by atoms with Crippen LogP contribution in [-0.2, 0) is 0 Å². The Hall–Kier alpha value is -1.59. The van der Waals surface area contributed by atoms with Crippen LogP contribution in [0.2, 0.25) is 0 Å². The van der Waals surface area contributed by atoms with E-state index in [4.69, 9.17) is 10.6 Å². The maximum absolute atomic E-state index is 5.37. The van der Waals surface area contributed by atoms with E-state index in [2.05, 4.69) is 37.2 Å². The Morgan fingerprint density at radius 1 is 1.28 bits per heavy atom. The van der Waals surface area contributed by atoms with E-state index in [1.807, 2.05) is 5.38 Å². The summed E-state index contributed by atoms with van der Waals surface area (Å²) in [6.07, 6.45) is 0. The number of hydrogen-bond donors (Lipinski definition) is 2. The SMILES string of the molecule is COc1cc(C)c(-c2nc(NN)cs2)c(C)c1C. The number of nitrogens with two attached hydrogens (primary N) is 1. The van der Waals surface area contributed by atoms with Gasteiger partial charge in [-0.05, 0) is 43.5 Å². The van der Waals surface area contributed by atoms with E-state index in [9.17, 15) is 0 Å². The molecular weight excluding hydrogens is 246 g/mol. The van der Waals surface area contributed by atoms with Crippen molar-refractivity contribution in [2.75, 3.05) is 12.5 Å². The highest BCUT2D eigenvalue weighted by Gasteiger charge is 2.15. The molecule has 0 fully saturated rings. The number of nitrogen functional groups attached to an aromatic ring is 1. The van der Waals surface area contributed by atoms with Crippen LogP contribution >= 0.6 is 11.3 Å². The third kappa shape index (κ3) is 2.07. The van der Waals surface area contributed by atoms with Gasteiger partial charge in [-0.3, -0.25) is 0 Å². The number of nitrogens with zero attached hydrogens (tertiary/aromatic N) is 1. The maximum Gasteiger partial charge on any atom is 0.151 e. The third-order valence-electron chi connectivity index (χ3n) is 3.13. The number of ether oxygens (including phenoxy) is 1. The minimum Gasteiger partial charge on any atom is -0.496 e. The Labute approximate surface area is 111 Å². The second-order valence-corrected chi connectivity index (χ2v) is 5.06. The van der Waals surface area contributed by atoms with Crippen molar-refractivity contribution in [1.82, 2.24) is 4.98 Å². The molecule has 18 heavy (non-hydrogen) atoms. The van der Waals surface area contributed by atoms with Crippen LogP contribution in [-0.4, -0.2) is 12.1 Å². The predicted molar refractivity (Wildman–Crippen MR) is 76.1 cm³/mol.